The lowest BCUT2D eigenvalue weighted by molar-refractivity contribution is -0.137. The smallest absolute Gasteiger partial charge is 0.321 e. The molecule has 8 heteroatoms. The highest BCUT2D eigenvalue weighted by Crippen LogP contribution is 2.39. The molecule has 1 spiro atoms. The Hall–Kier alpha value is -3.55. The van der Waals surface area contributed by atoms with Crippen molar-refractivity contribution < 1.29 is 14.4 Å². The molecule has 1 saturated carbocycles. The molecule has 2 aliphatic heterocycles. The molecule has 0 atom stereocenters. The number of hydrogen-bond acceptors (Lipinski definition) is 4. The number of urea groups is 1. The maximum atomic E-state index is 13.9. The van der Waals surface area contributed by atoms with Crippen molar-refractivity contribution in [1.29, 1.82) is 0 Å². The number of carbonyl (C=O) groups is 3. The highest BCUT2D eigenvalue weighted by molar-refractivity contribution is 5.97. The molecule has 0 radical (unpaired) electrons. The number of nitrogens with zero attached hydrogens (tertiary/aromatic N) is 3. The Balaban J connectivity index is 1.29. The van der Waals surface area contributed by atoms with Gasteiger partial charge in [0, 0.05) is 30.5 Å². The third-order valence-corrected chi connectivity index (χ3v) is 8.48. The molecule has 2 N–H and O–H groups in total. The number of benzene rings is 2. The minimum atomic E-state index is -0.762. The third-order valence-electron chi connectivity index (χ3n) is 8.48. The Morgan fingerprint density at radius 2 is 1.58 bits per heavy atom. The molecule has 5 rings (SSSR count). The Morgan fingerprint density at radius 3 is 2.24 bits per heavy atom. The number of carbonyl (C=O) groups excluding carboxylic acids is 3. The van der Waals surface area contributed by atoms with Crippen LogP contribution in [0.15, 0.2) is 48.5 Å². The molecule has 0 bridgehead atoms. The van der Waals surface area contributed by atoms with E-state index in [1.54, 1.807) is 9.80 Å². The van der Waals surface area contributed by atoms with E-state index in [1.165, 1.54) is 6.42 Å². The van der Waals surface area contributed by atoms with Gasteiger partial charge in [-0.25, -0.2) is 4.79 Å². The van der Waals surface area contributed by atoms with Gasteiger partial charge < -0.3 is 25.3 Å². The van der Waals surface area contributed by atoms with Crippen molar-refractivity contribution in [3.63, 3.8) is 0 Å². The maximum Gasteiger partial charge on any atom is 0.321 e. The highest BCUT2D eigenvalue weighted by Gasteiger charge is 2.54. The fourth-order valence-corrected chi connectivity index (χ4v) is 6.29. The molecule has 2 heterocycles. The van der Waals surface area contributed by atoms with Crippen molar-refractivity contribution in [2.24, 2.45) is 0 Å². The molecular formula is C30H39N5O3. The van der Waals surface area contributed by atoms with Gasteiger partial charge in [-0.2, -0.15) is 0 Å². The third kappa shape index (κ3) is 5.22. The van der Waals surface area contributed by atoms with E-state index in [2.05, 4.69) is 15.5 Å². The predicted molar refractivity (Wildman–Crippen MR) is 149 cm³/mol. The van der Waals surface area contributed by atoms with E-state index in [9.17, 15) is 14.4 Å². The lowest BCUT2D eigenvalue weighted by Crippen LogP contribution is -2.58. The monoisotopic (exact) mass is 517 g/mol. The number of para-hydroxylation sites is 2. The van der Waals surface area contributed by atoms with Gasteiger partial charge in [0.05, 0.1) is 6.67 Å². The summed E-state index contributed by atoms with van der Waals surface area (Å²) in [5.41, 5.74) is 3.09. The second-order valence-electron chi connectivity index (χ2n) is 11.0. The topological polar surface area (TPSA) is 85.0 Å². The molecule has 2 aromatic carbocycles. The number of amides is 4. The van der Waals surface area contributed by atoms with Gasteiger partial charge in [0.25, 0.3) is 5.91 Å². The average molecular weight is 518 g/mol. The van der Waals surface area contributed by atoms with Crippen LogP contribution in [0.2, 0.25) is 0 Å². The molecule has 8 nitrogen and oxygen atoms in total. The van der Waals surface area contributed by atoms with Crippen molar-refractivity contribution >= 4 is 29.2 Å². The zero-order valence-electron chi connectivity index (χ0n) is 22.5. The van der Waals surface area contributed by atoms with E-state index >= 15 is 0 Å². The summed E-state index contributed by atoms with van der Waals surface area (Å²) in [5, 5.41) is 6.23. The first-order chi connectivity index (χ1) is 18.4. The van der Waals surface area contributed by atoms with Crippen LogP contribution in [0.25, 0.3) is 0 Å². The summed E-state index contributed by atoms with van der Waals surface area (Å²) in [6.07, 6.45) is 6.58. The van der Waals surface area contributed by atoms with Gasteiger partial charge in [0.2, 0.25) is 5.91 Å². The largest absolute Gasteiger partial charge is 0.352 e. The summed E-state index contributed by atoms with van der Waals surface area (Å²) in [4.78, 5) is 45.6. The van der Waals surface area contributed by atoms with E-state index in [1.807, 2.05) is 62.4 Å². The molecule has 2 aromatic rings. The summed E-state index contributed by atoms with van der Waals surface area (Å²) < 4.78 is 0. The molecular weight excluding hydrogens is 478 g/mol. The summed E-state index contributed by atoms with van der Waals surface area (Å²) in [6.45, 7) is 5.35. The number of nitrogens with one attached hydrogen (secondary N) is 2. The van der Waals surface area contributed by atoms with Gasteiger partial charge in [0.15, 0.2) is 0 Å². The van der Waals surface area contributed by atoms with E-state index in [0.717, 1.165) is 48.2 Å². The summed E-state index contributed by atoms with van der Waals surface area (Å²) in [5.74, 6) is -0.101. The minimum Gasteiger partial charge on any atom is -0.352 e. The molecule has 3 fully saturated rings. The molecule has 2 saturated heterocycles. The maximum absolute atomic E-state index is 13.9. The van der Waals surface area contributed by atoms with Crippen molar-refractivity contribution in [3.8, 4) is 0 Å². The van der Waals surface area contributed by atoms with Crippen LogP contribution >= 0.6 is 0 Å². The van der Waals surface area contributed by atoms with Crippen molar-refractivity contribution in [1.82, 2.24) is 15.1 Å². The lowest BCUT2D eigenvalue weighted by atomic mass is 9.85. The van der Waals surface area contributed by atoms with Crippen LogP contribution < -0.4 is 15.5 Å². The Bertz CT molecular complexity index is 1150. The van der Waals surface area contributed by atoms with E-state index in [4.69, 9.17) is 0 Å². The summed E-state index contributed by atoms with van der Waals surface area (Å²) >= 11 is 0. The minimum absolute atomic E-state index is 0.0186. The van der Waals surface area contributed by atoms with Gasteiger partial charge in [-0.15, -0.1) is 0 Å². The number of hydrogen-bond donors (Lipinski definition) is 2. The van der Waals surface area contributed by atoms with Gasteiger partial charge in [-0.3, -0.25) is 9.59 Å². The summed E-state index contributed by atoms with van der Waals surface area (Å²) in [6, 6.07) is 16.0. The van der Waals surface area contributed by atoms with Crippen molar-refractivity contribution in [2.45, 2.75) is 70.4 Å². The van der Waals surface area contributed by atoms with Gasteiger partial charge in [-0.05, 0) is 62.8 Å². The van der Waals surface area contributed by atoms with Crippen LogP contribution in [0.4, 0.5) is 16.2 Å². The number of aryl methyl sites for hydroxylation is 2. The van der Waals surface area contributed by atoms with Crippen molar-refractivity contribution in [2.75, 3.05) is 36.5 Å². The van der Waals surface area contributed by atoms with Crippen LogP contribution in [0.3, 0.4) is 0 Å². The number of rotatable bonds is 5. The fraction of sp³-hybridized carbons (Fsp3) is 0.500. The second kappa shape index (κ2) is 11.1. The standard InChI is InChI=1S/C30H39N5O3/c1-22-10-9-11-23(2)27(22)32-29(38)33-18-16-30(17-19-33)28(37)34(21-35(30)25-14-7-4-8-15-25)20-26(36)31-24-12-5-3-6-13-24/h4,7-11,14-15,24H,3,5-6,12-13,16-21H2,1-2H3,(H,31,36)(H,32,38). The molecule has 3 aliphatic rings. The van der Waals surface area contributed by atoms with Gasteiger partial charge in [-0.1, -0.05) is 55.7 Å². The van der Waals surface area contributed by atoms with Crippen LogP contribution in [-0.2, 0) is 9.59 Å². The molecule has 4 amide bonds. The van der Waals surface area contributed by atoms with Crippen LogP contribution in [0.1, 0.15) is 56.1 Å². The molecule has 0 unspecified atom stereocenters. The number of piperidine rings is 1. The molecule has 202 valence electrons. The second-order valence-corrected chi connectivity index (χ2v) is 11.0. The molecule has 38 heavy (non-hydrogen) atoms. The number of likely N-dealkylation sites (tertiary alicyclic amines) is 1. The van der Waals surface area contributed by atoms with Crippen LogP contribution in [0, 0.1) is 13.8 Å². The molecule has 0 aromatic heterocycles. The quantitative estimate of drug-likeness (QED) is 0.615. The highest BCUT2D eigenvalue weighted by atomic mass is 16.2. The van der Waals surface area contributed by atoms with Crippen molar-refractivity contribution in [3.05, 3.63) is 59.7 Å². The van der Waals surface area contributed by atoms with Crippen LogP contribution in [-0.4, -0.2) is 65.5 Å². The van der Waals surface area contributed by atoms with Gasteiger partial charge in [0.1, 0.15) is 12.1 Å². The normalized spacial score (nSPS) is 19.6. The lowest BCUT2D eigenvalue weighted by Gasteiger charge is -2.43. The number of anilines is 2. The zero-order chi connectivity index (χ0) is 26.7. The van der Waals surface area contributed by atoms with E-state index in [-0.39, 0.29) is 30.4 Å². The van der Waals surface area contributed by atoms with E-state index in [0.29, 0.717) is 32.6 Å². The zero-order valence-corrected chi connectivity index (χ0v) is 22.5. The Kier molecular flexibility index (Phi) is 7.58. The van der Waals surface area contributed by atoms with E-state index < -0.39 is 5.54 Å². The van der Waals surface area contributed by atoms with Gasteiger partial charge >= 0.3 is 6.03 Å². The SMILES string of the molecule is Cc1cccc(C)c1NC(=O)N1CCC2(CC1)C(=O)N(CC(=O)NC1CCCCC1)CN2c1ccccc1. The fourth-order valence-electron chi connectivity index (χ4n) is 6.29. The molecule has 1 aliphatic carbocycles. The Morgan fingerprint density at radius 1 is 0.921 bits per heavy atom. The first-order valence-electron chi connectivity index (χ1n) is 13.9. The first kappa shape index (κ1) is 26.1. The Labute approximate surface area is 225 Å². The average Bonchev–Trinajstić information content (AvgIpc) is 3.18. The first-order valence-corrected chi connectivity index (χ1v) is 13.9. The predicted octanol–water partition coefficient (Wildman–Crippen LogP) is 4.43. The summed E-state index contributed by atoms with van der Waals surface area (Å²) in [7, 11) is 0. The van der Waals surface area contributed by atoms with Crippen LogP contribution in [0.5, 0.6) is 0 Å².